The third kappa shape index (κ3) is 2.82. The van der Waals surface area contributed by atoms with E-state index >= 15 is 0 Å². The molecular weight excluding hydrogens is 336 g/mol. The lowest BCUT2D eigenvalue weighted by molar-refractivity contribution is -0.00516. The van der Waals surface area contributed by atoms with Crippen molar-refractivity contribution < 1.29 is 0 Å². The fourth-order valence-corrected chi connectivity index (χ4v) is 6.14. The van der Waals surface area contributed by atoms with Gasteiger partial charge in [0.15, 0.2) is 0 Å². The van der Waals surface area contributed by atoms with Gasteiger partial charge in [-0.3, -0.25) is 0 Å². The van der Waals surface area contributed by atoms with Crippen molar-refractivity contribution >= 4 is 11.3 Å². The third-order valence-electron chi connectivity index (χ3n) is 6.97. The van der Waals surface area contributed by atoms with Crippen LogP contribution in [-0.4, -0.2) is 20.6 Å². The lowest BCUT2D eigenvalue weighted by Crippen LogP contribution is -2.48. The van der Waals surface area contributed by atoms with E-state index in [4.69, 9.17) is 0 Å². The molecule has 1 heterocycles. The standard InChI is InChI=1S/C21H24N6/c1-13-2-3-18(21-8-14-4-15(9-21)6-16(5-14)10-21)7-19(13)23-12-17(11-22)20-24-26-27-25-20/h2-3,7,12,14-16,23H,4-6,8-10H2,1H3,(H,24,25,26,27). The molecular formula is C21H24N6. The van der Waals surface area contributed by atoms with E-state index in [0.29, 0.717) is 16.8 Å². The highest BCUT2D eigenvalue weighted by molar-refractivity contribution is 5.74. The van der Waals surface area contributed by atoms with Crippen molar-refractivity contribution in [2.75, 3.05) is 5.32 Å². The van der Waals surface area contributed by atoms with Crippen LogP contribution in [0.5, 0.6) is 0 Å². The molecule has 2 aromatic rings. The molecule has 2 N–H and O–H groups in total. The van der Waals surface area contributed by atoms with Crippen LogP contribution in [0, 0.1) is 36.0 Å². The van der Waals surface area contributed by atoms with Crippen molar-refractivity contribution in [3.05, 3.63) is 41.4 Å². The Labute approximate surface area is 159 Å². The lowest BCUT2D eigenvalue weighted by atomic mass is 9.48. The Hall–Kier alpha value is -2.68. The van der Waals surface area contributed by atoms with Gasteiger partial charge in [-0.25, -0.2) is 0 Å². The van der Waals surface area contributed by atoms with Crippen LogP contribution in [0.2, 0.25) is 0 Å². The quantitative estimate of drug-likeness (QED) is 0.806. The first-order chi connectivity index (χ1) is 13.1. The minimum atomic E-state index is 0.305. The van der Waals surface area contributed by atoms with E-state index in [1.165, 1.54) is 49.7 Å². The maximum atomic E-state index is 9.37. The lowest BCUT2D eigenvalue weighted by Gasteiger charge is -2.57. The molecule has 0 amide bonds. The summed E-state index contributed by atoms with van der Waals surface area (Å²) in [5.41, 5.74) is 4.43. The second-order valence-corrected chi connectivity index (χ2v) is 8.78. The number of aryl methyl sites for hydroxylation is 1. The van der Waals surface area contributed by atoms with Crippen LogP contribution < -0.4 is 5.32 Å². The molecule has 27 heavy (non-hydrogen) atoms. The number of H-pyrrole nitrogens is 1. The summed E-state index contributed by atoms with van der Waals surface area (Å²) < 4.78 is 0. The number of anilines is 1. The molecule has 4 fully saturated rings. The number of benzene rings is 1. The van der Waals surface area contributed by atoms with Gasteiger partial charge >= 0.3 is 0 Å². The number of tetrazole rings is 1. The molecule has 0 radical (unpaired) electrons. The zero-order valence-corrected chi connectivity index (χ0v) is 15.6. The summed E-state index contributed by atoms with van der Waals surface area (Å²) in [4.78, 5) is 0. The van der Waals surface area contributed by atoms with Crippen LogP contribution in [0.15, 0.2) is 24.4 Å². The zero-order valence-electron chi connectivity index (χ0n) is 15.6. The number of nitriles is 1. The van der Waals surface area contributed by atoms with Crippen molar-refractivity contribution in [2.24, 2.45) is 17.8 Å². The van der Waals surface area contributed by atoms with Gasteiger partial charge in [-0.15, -0.1) is 10.2 Å². The van der Waals surface area contributed by atoms with Crippen molar-refractivity contribution in [1.29, 1.82) is 5.26 Å². The second-order valence-electron chi connectivity index (χ2n) is 8.78. The Morgan fingerprint density at radius 2 is 1.93 bits per heavy atom. The average molecular weight is 360 g/mol. The highest BCUT2D eigenvalue weighted by Crippen LogP contribution is 2.60. The highest BCUT2D eigenvalue weighted by atomic mass is 15.5. The Bertz CT molecular complexity index is 885. The van der Waals surface area contributed by atoms with Gasteiger partial charge in [0.1, 0.15) is 11.6 Å². The molecule has 4 aliphatic carbocycles. The number of aromatic amines is 1. The van der Waals surface area contributed by atoms with Gasteiger partial charge in [-0.1, -0.05) is 12.1 Å². The van der Waals surface area contributed by atoms with Gasteiger partial charge < -0.3 is 5.32 Å². The van der Waals surface area contributed by atoms with Crippen LogP contribution in [0.3, 0.4) is 0 Å². The Morgan fingerprint density at radius 3 is 2.52 bits per heavy atom. The number of hydrogen-bond donors (Lipinski definition) is 2. The average Bonchev–Trinajstić information content (AvgIpc) is 3.17. The van der Waals surface area contributed by atoms with E-state index < -0.39 is 0 Å². The summed E-state index contributed by atoms with van der Waals surface area (Å²) in [7, 11) is 0. The summed E-state index contributed by atoms with van der Waals surface area (Å²) in [6.07, 6.45) is 10.1. The van der Waals surface area contributed by atoms with E-state index in [1.807, 2.05) is 0 Å². The topological polar surface area (TPSA) is 90.3 Å². The van der Waals surface area contributed by atoms with Gasteiger partial charge in [0.2, 0.25) is 5.82 Å². The number of hydrogen-bond acceptors (Lipinski definition) is 5. The smallest absolute Gasteiger partial charge is 0.216 e. The SMILES string of the molecule is Cc1ccc(C23CC4CC(CC(C4)C2)C3)cc1NC=C(C#N)c1nn[nH]n1. The molecule has 4 saturated carbocycles. The molecule has 1 aromatic heterocycles. The third-order valence-corrected chi connectivity index (χ3v) is 6.97. The molecule has 6 rings (SSSR count). The molecule has 6 heteroatoms. The molecule has 0 saturated heterocycles. The first-order valence-electron chi connectivity index (χ1n) is 9.87. The molecule has 6 nitrogen and oxygen atoms in total. The number of rotatable bonds is 4. The van der Waals surface area contributed by atoms with Gasteiger partial charge in [-0.05, 0) is 91.0 Å². The van der Waals surface area contributed by atoms with Gasteiger partial charge in [0.05, 0.1) is 0 Å². The molecule has 4 bridgehead atoms. The molecule has 0 atom stereocenters. The Morgan fingerprint density at radius 1 is 1.22 bits per heavy atom. The van der Waals surface area contributed by atoms with E-state index in [0.717, 1.165) is 23.4 Å². The monoisotopic (exact) mass is 360 g/mol. The summed E-state index contributed by atoms with van der Waals surface area (Å²) in [5.74, 6) is 3.09. The second kappa shape index (κ2) is 6.19. The number of nitrogens with one attached hydrogen (secondary N) is 2. The van der Waals surface area contributed by atoms with Crippen molar-refractivity contribution in [3.63, 3.8) is 0 Å². The predicted molar refractivity (Wildman–Crippen MR) is 102 cm³/mol. The maximum Gasteiger partial charge on any atom is 0.216 e. The van der Waals surface area contributed by atoms with Gasteiger partial charge in [0.25, 0.3) is 0 Å². The highest BCUT2D eigenvalue weighted by Gasteiger charge is 2.51. The van der Waals surface area contributed by atoms with Gasteiger partial charge in [-0.2, -0.15) is 10.5 Å². The largest absolute Gasteiger partial charge is 0.360 e. The summed E-state index contributed by atoms with van der Waals surface area (Å²) >= 11 is 0. The summed E-state index contributed by atoms with van der Waals surface area (Å²) in [5, 5.41) is 26.4. The van der Waals surface area contributed by atoms with E-state index in [2.05, 4.69) is 57.1 Å². The van der Waals surface area contributed by atoms with Crippen molar-refractivity contribution in [2.45, 2.75) is 50.9 Å². The molecule has 1 aromatic carbocycles. The molecule has 4 aliphatic rings. The first kappa shape index (κ1) is 16.5. The zero-order chi connectivity index (χ0) is 18.4. The molecule has 0 unspecified atom stereocenters. The van der Waals surface area contributed by atoms with Crippen LogP contribution in [0.1, 0.15) is 55.5 Å². The molecule has 0 spiro atoms. The van der Waals surface area contributed by atoms with Crippen LogP contribution in [0.25, 0.3) is 5.57 Å². The summed E-state index contributed by atoms with van der Waals surface area (Å²) in [6, 6.07) is 8.99. The van der Waals surface area contributed by atoms with E-state index in [1.54, 1.807) is 6.20 Å². The number of nitrogens with zero attached hydrogens (tertiary/aromatic N) is 4. The van der Waals surface area contributed by atoms with Gasteiger partial charge in [0, 0.05) is 11.9 Å². The molecule has 138 valence electrons. The first-order valence-corrected chi connectivity index (χ1v) is 9.87. The Kier molecular flexibility index (Phi) is 3.78. The maximum absolute atomic E-state index is 9.37. The predicted octanol–water partition coefficient (Wildman–Crippen LogP) is 3.95. The normalized spacial score (nSPS) is 31.7. The van der Waals surface area contributed by atoms with Crippen LogP contribution in [-0.2, 0) is 5.41 Å². The van der Waals surface area contributed by atoms with Crippen molar-refractivity contribution in [1.82, 2.24) is 20.6 Å². The minimum Gasteiger partial charge on any atom is -0.360 e. The van der Waals surface area contributed by atoms with E-state index in [9.17, 15) is 5.26 Å². The molecule has 0 aliphatic heterocycles. The van der Waals surface area contributed by atoms with Crippen LogP contribution in [0.4, 0.5) is 5.69 Å². The fourth-order valence-electron chi connectivity index (χ4n) is 6.14. The van der Waals surface area contributed by atoms with Crippen LogP contribution >= 0.6 is 0 Å². The minimum absolute atomic E-state index is 0.305. The Balaban J connectivity index is 1.45. The number of aromatic nitrogens is 4. The van der Waals surface area contributed by atoms with Crippen molar-refractivity contribution in [3.8, 4) is 6.07 Å². The fraction of sp³-hybridized carbons (Fsp3) is 0.524. The van der Waals surface area contributed by atoms with E-state index in [-0.39, 0.29) is 0 Å². The number of allylic oxidation sites excluding steroid dienone is 1. The summed E-state index contributed by atoms with van der Waals surface area (Å²) in [6.45, 7) is 2.10.